The first-order chi connectivity index (χ1) is 9.15. The SMILES string of the molecule is NC1CCCC1c1nc(-c2ccc(F)c(Br)c2)no1. The molecule has 1 saturated carbocycles. The Morgan fingerprint density at radius 3 is 2.89 bits per heavy atom. The number of halogens is 2. The van der Waals surface area contributed by atoms with Gasteiger partial charge in [0.05, 0.1) is 10.4 Å². The minimum Gasteiger partial charge on any atom is -0.339 e. The Morgan fingerprint density at radius 1 is 1.37 bits per heavy atom. The molecule has 3 rings (SSSR count). The van der Waals surface area contributed by atoms with Gasteiger partial charge in [-0.3, -0.25) is 0 Å². The van der Waals surface area contributed by atoms with Crippen LogP contribution in [0.25, 0.3) is 11.4 Å². The number of aromatic nitrogens is 2. The molecule has 0 radical (unpaired) electrons. The average Bonchev–Trinajstić information content (AvgIpc) is 3.01. The van der Waals surface area contributed by atoms with Crippen molar-refractivity contribution in [3.8, 4) is 11.4 Å². The van der Waals surface area contributed by atoms with Crippen LogP contribution in [0.5, 0.6) is 0 Å². The maximum Gasteiger partial charge on any atom is 0.231 e. The van der Waals surface area contributed by atoms with E-state index in [1.165, 1.54) is 6.07 Å². The predicted molar refractivity (Wildman–Crippen MR) is 72.0 cm³/mol. The van der Waals surface area contributed by atoms with E-state index in [-0.39, 0.29) is 17.8 Å². The van der Waals surface area contributed by atoms with Gasteiger partial charge in [0.25, 0.3) is 0 Å². The molecule has 2 atom stereocenters. The molecule has 0 saturated heterocycles. The standard InChI is InChI=1S/C13H13BrFN3O/c14-9-6-7(4-5-10(9)15)12-17-13(19-18-12)8-2-1-3-11(8)16/h4-6,8,11H,1-3,16H2. The Balaban J connectivity index is 1.90. The highest BCUT2D eigenvalue weighted by Crippen LogP contribution is 2.33. The van der Waals surface area contributed by atoms with Crippen molar-refractivity contribution in [3.63, 3.8) is 0 Å². The minimum atomic E-state index is -0.315. The second-order valence-electron chi connectivity index (χ2n) is 4.79. The van der Waals surface area contributed by atoms with E-state index in [0.717, 1.165) is 24.8 Å². The van der Waals surface area contributed by atoms with Crippen molar-refractivity contribution in [2.45, 2.75) is 31.2 Å². The molecule has 2 aromatic rings. The predicted octanol–water partition coefficient (Wildman–Crippen LogP) is 3.23. The van der Waals surface area contributed by atoms with Crippen LogP contribution in [-0.2, 0) is 0 Å². The van der Waals surface area contributed by atoms with E-state index in [1.807, 2.05) is 0 Å². The fourth-order valence-electron chi connectivity index (χ4n) is 2.43. The van der Waals surface area contributed by atoms with Crippen molar-refractivity contribution in [2.24, 2.45) is 5.73 Å². The van der Waals surface area contributed by atoms with Crippen LogP contribution < -0.4 is 5.73 Å². The normalized spacial score (nSPS) is 22.9. The van der Waals surface area contributed by atoms with E-state index < -0.39 is 0 Å². The fourth-order valence-corrected chi connectivity index (χ4v) is 2.81. The molecule has 1 aromatic heterocycles. The molecular weight excluding hydrogens is 313 g/mol. The summed E-state index contributed by atoms with van der Waals surface area (Å²) in [6.45, 7) is 0. The van der Waals surface area contributed by atoms with Crippen molar-refractivity contribution < 1.29 is 8.91 Å². The lowest BCUT2D eigenvalue weighted by Crippen LogP contribution is -2.22. The molecule has 0 amide bonds. The maximum atomic E-state index is 13.2. The number of rotatable bonds is 2. The van der Waals surface area contributed by atoms with Gasteiger partial charge in [0.1, 0.15) is 5.82 Å². The summed E-state index contributed by atoms with van der Waals surface area (Å²) in [7, 11) is 0. The Hall–Kier alpha value is -1.27. The van der Waals surface area contributed by atoms with Crippen molar-refractivity contribution in [1.82, 2.24) is 10.1 Å². The Kier molecular flexibility index (Phi) is 3.36. The van der Waals surface area contributed by atoms with Crippen LogP contribution in [0.1, 0.15) is 31.1 Å². The molecule has 1 aliphatic carbocycles. The highest BCUT2D eigenvalue weighted by Gasteiger charge is 2.30. The molecule has 0 spiro atoms. The molecule has 2 N–H and O–H groups in total. The zero-order valence-corrected chi connectivity index (χ0v) is 11.7. The Bertz CT molecular complexity index is 601. The number of nitrogens with two attached hydrogens (primary N) is 1. The number of hydrogen-bond donors (Lipinski definition) is 1. The fraction of sp³-hybridized carbons (Fsp3) is 0.385. The van der Waals surface area contributed by atoms with E-state index in [0.29, 0.717) is 16.2 Å². The average molecular weight is 326 g/mol. The van der Waals surface area contributed by atoms with Crippen LogP contribution in [0, 0.1) is 5.82 Å². The molecule has 100 valence electrons. The molecular formula is C13H13BrFN3O. The topological polar surface area (TPSA) is 64.9 Å². The van der Waals surface area contributed by atoms with Gasteiger partial charge in [-0.25, -0.2) is 4.39 Å². The van der Waals surface area contributed by atoms with Crippen LogP contribution in [0.2, 0.25) is 0 Å². The van der Waals surface area contributed by atoms with Crippen LogP contribution >= 0.6 is 15.9 Å². The third kappa shape index (κ3) is 2.42. The van der Waals surface area contributed by atoms with Crippen LogP contribution in [0.4, 0.5) is 4.39 Å². The van der Waals surface area contributed by atoms with Crippen molar-refractivity contribution in [1.29, 1.82) is 0 Å². The van der Waals surface area contributed by atoms with Gasteiger partial charge in [0.2, 0.25) is 11.7 Å². The lowest BCUT2D eigenvalue weighted by molar-refractivity contribution is 0.345. The van der Waals surface area contributed by atoms with Crippen LogP contribution in [0.15, 0.2) is 27.2 Å². The minimum absolute atomic E-state index is 0.0910. The third-order valence-corrected chi connectivity index (χ3v) is 4.11. The highest BCUT2D eigenvalue weighted by atomic mass is 79.9. The summed E-state index contributed by atoms with van der Waals surface area (Å²) in [6.07, 6.45) is 3.06. The zero-order chi connectivity index (χ0) is 13.4. The quantitative estimate of drug-likeness (QED) is 0.920. The highest BCUT2D eigenvalue weighted by molar-refractivity contribution is 9.10. The van der Waals surface area contributed by atoms with Gasteiger partial charge in [-0.2, -0.15) is 4.98 Å². The van der Waals surface area contributed by atoms with E-state index >= 15 is 0 Å². The molecule has 1 aromatic carbocycles. The molecule has 19 heavy (non-hydrogen) atoms. The van der Waals surface area contributed by atoms with Gasteiger partial charge in [0.15, 0.2) is 0 Å². The van der Waals surface area contributed by atoms with Crippen molar-refractivity contribution >= 4 is 15.9 Å². The van der Waals surface area contributed by atoms with Gasteiger partial charge in [-0.05, 0) is 47.0 Å². The summed E-state index contributed by atoms with van der Waals surface area (Å²) in [4.78, 5) is 4.38. The Morgan fingerprint density at radius 2 is 2.21 bits per heavy atom. The van der Waals surface area contributed by atoms with Gasteiger partial charge in [0, 0.05) is 11.6 Å². The van der Waals surface area contributed by atoms with Gasteiger partial charge in [-0.15, -0.1) is 0 Å². The maximum absolute atomic E-state index is 13.2. The molecule has 2 unspecified atom stereocenters. The smallest absolute Gasteiger partial charge is 0.231 e. The van der Waals surface area contributed by atoms with Gasteiger partial charge >= 0.3 is 0 Å². The molecule has 0 bridgehead atoms. The van der Waals surface area contributed by atoms with Gasteiger partial charge < -0.3 is 10.3 Å². The van der Waals surface area contributed by atoms with E-state index in [4.69, 9.17) is 10.3 Å². The summed E-state index contributed by atoms with van der Waals surface area (Å²) < 4.78 is 18.9. The van der Waals surface area contributed by atoms with Crippen molar-refractivity contribution in [3.05, 3.63) is 34.4 Å². The number of hydrogen-bond acceptors (Lipinski definition) is 4. The first-order valence-corrected chi connectivity index (χ1v) is 6.99. The lowest BCUT2D eigenvalue weighted by Gasteiger charge is -2.08. The number of nitrogens with zero attached hydrogens (tertiary/aromatic N) is 2. The summed E-state index contributed by atoms with van der Waals surface area (Å²) in [5.41, 5.74) is 6.74. The molecule has 0 aliphatic heterocycles. The molecule has 4 nitrogen and oxygen atoms in total. The second kappa shape index (κ2) is 5.02. The third-order valence-electron chi connectivity index (χ3n) is 3.51. The lowest BCUT2D eigenvalue weighted by atomic mass is 10.1. The van der Waals surface area contributed by atoms with Crippen LogP contribution in [0.3, 0.4) is 0 Å². The monoisotopic (exact) mass is 325 g/mol. The summed E-state index contributed by atoms with van der Waals surface area (Å²) >= 11 is 3.14. The summed E-state index contributed by atoms with van der Waals surface area (Å²) in [6, 6.07) is 4.73. The van der Waals surface area contributed by atoms with Crippen LogP contribution in [-0.4, -0.2) is 16.2 Å². The summed E-state index contributed by atoms with van der Waals surface area (Å²) in [5.74, 6) is 0.880. The molecule has 1 heterocycles. The van der Waals surface area contributed by atoms with E-state index in [9.17, 15) is 4.39 Å². The largest absolute Gasteiger partial charge is 0.339 e. The van der Waals surface area contributed by atoms with E-state index in [2.05, 4.69) is 26.1 Å². The first-order valence-electron chi connectivity index (χ1n) is 6.20. The number of benzene rings is 1. The van der Waals surface area contributed by atoms with E-state index in [1.54, 1.807) is 12.1 Å². The zero-order valence-electron chi connectivity index (χ0n) is 10.1. The Labute approximate surface area is 118 Å². The summed E-state index contributed by atoms with van der Waals surface area (Å²) in [5, 5.41) is 3.95. The molecule has 1 aliphatic rings. The molecule has 6 heteroatoms. The second-order valence-corrected chi connectivity index (χ2v) is 5.64. The molecule has 1 fully saturated rings. The van der Waals surface area contributed by atoms with Gasteiger partial charge in [-0.1, -0.05) is 11.6 Å². The van der Waals surface area contributed by atoms with Crippen molar-refractivity contribution in [2.75, 3.05) is 0 Å². The first kappa shape index (κ1) is 12.7.